The van der Waals surface area contributed by atoms with E-state index in [1.54, 1.807) is 0 Å². The van der Waals surface area contributed by atoms with Gasteiger partial charge in [0.05, 0.1) is 0 Å². The van der Waals surface area contributed by atoms with E-state index in [1.165, 1.54) is 16.4 Å². The van der Waals surface area contributed by atoms with Gasteiger partial charge in [-0.1, -0.05) is 6.07 Å². The lowest BCUT2D eigenvalue weighted by molar-refractivity contribution is 0.290. The Labute approximate surface area is 113 Å². The number of nitrogens with two attached hydrogens (primary N) is 1. The van der Waals surface area contributed by atoms with Crippen LogP contribution in [0.2, 0.25) is 0 Å². The molecular formula is C13H19FN2O2S. The molecule has 6 heteroatoms. The third kappa shape index (κ3) is 2.52. The van der Waals surface area contributed by atoms with Crippen LogP contribution in [0.25, 0.3) is 0 Å². The van der Waals surface area contributed by atoms with E-state index in [0.29, 0.717) is 12.1 Å². The third-order valence-corrected chi connectivity index (χ3v) is 5.75. The third-order valence-electron chi connectivity index (χ3n) is 3.62. The molecule has 1 fully saturated rings. The summed E-state index contributed by atoms with van der Waals surface area (Å²) < 4.78 is 40.4. The van der Waals surface area contributed by atoms with Crippen molar-refractivity contribution in [2.45, 2.75) is 43.7 Å². The fourth-order valence-electron chi connectivity index (χ4n) is 2.52. The van der Waals surface area contributed by atoms with E-state index in [0.717, 1.165) is 18.9 Å². The lowest BCUT2D eigenvalue weighted by Crippen LogP contribution is -2.42. The number of rotatable bonds is 3. The first kappa shape index (κ1) is 14.4. The molecular weight excluding hydrogens is 267 g/mol. The van der Waals surface area contributed by atoms with E-state index < -0.39 is 21.4 Å². The molecule has 4 nitrogen and oxygen atoms in total. The fourth-order valence-corrected chi connectivity index (χ4v) is 4.48. The highest BCUT2D eigenvalue weighted by Gasteiger charge is 2.41. The van der Waals surface area contributed by atoms with Gasteiger partial charge in [0.1, 0.15) is 10.7 Å². The number of hydrogen-bond acceptors (Lipinski definition) is 3. The molecule has 1 aromatic carbocycles. The molecule has 1 aromatic rings. The molecule has 0 atom stereocenters. The predicted octanol–water partition coefficient (Wildman–Crippen LogP) is 1.85. The zero-order chi connectivity index (χ0) is 14.3. The van der Waals surface area contributed by atoms with Crippen molar-refractivity contribution in [3.05, 3.63) is 29.6 Å². The zero-order valence-corrected chi connectivity index (χ0v) is 12.0. The van der Waals surface area contributed by atoms with Crippen LogP contribution in [0.1, 0.15) is 32.3 Å². The smallest absolute Gasteiger partial charge is 0.246 e. The Morgan fingerprint density at radius 2 is 2.11 bits per heavy atom. The van der Waals surface area contributed by atoms with Crippen molar-refractivity contribution in [3.63, 3.8) is 0 Å². The maximum atomic E-state index is 13.9. The Bertz CT molecular complexity index is 584. The Hall–Kier alpha value is -0.980. The summed E-state index contributed by atoms with van der Waals surface area (Å²) in [6.07, 6.45) is 1.58. The molecule has 0 bridgehead atoms. The first-order valence-corrected chi connectivity index (χ1v) is 7.74. The quantitative estimate of drug-likeness (QED) is 0.922. The Balaban J connectivity index is 2.51. The molecule has 0 spiro atoms. The molecule has 19 heavy (non-hydrogen) atoms. The van der Waals surface area contributed by atoms with Gasteiger partial charge in [-0.05, 0) is 44.4 Å². The second kappa shape index (κ2) is 4.85. The highest BCUT2D eigenvalue weighted by Crippen LogP contribution is 2.34. The molecule has 0 unspecified atom stereocenters. The standard InChI is InChI=1S/C13H19FN2O2S/c1-13(2)6-3-7-16(13)19(17,18)12-8-10(9-15)4-5-11(12)14/h4-5,8H,3,6-7,9,15H2,1-2H3. The molecule has 1 saturated heterocycles. The van der Waals surface area contributed by atoms with Crippen LogP contribution in [0.15, 0.2) is 23.1 Å². The van der Waals surface area contributed by atoms with Crippen LogP contribution in [-0.4, -0.2) is 24.8 Å². The van der Waals surface area contributed by atoms with Crippen molar-refractivity contribution in [3.8, 4) is 0 Å². The highest BCUT2D eigenvalue weighted by atomic mass is 32.2. The average Bonchev–Trinajstić information content (AvgIpc) is 2.70. The van der Waals surface area contributed by atoms with Crippen LogP contribution in [0.3, 0.4) is 0 Å². The molecule has 2 N–H and O–H groups in total. The number of nitrogens with zero attached hydrogens (tertiary/aromatic N) is 1. The van der Waals surface area contributed by atoms with Crippen molar-refractivity contribution in [1.29, 1.82) is 0 Å². The largest absolute Gasteiger partial charge is 0.326 e. The molecule has 0 saturated carbocycles. The average molecular weight is 286 g/mol. The zero-order valence-electron chi connectivity index (χ0n) is 11.2. The molecule has 1 heterocycles. The fraction of sp³-hybridized carbons (Fsp3) is 0.538. The van der Waals surface area contributed by atoms with Crippen LogP contribution in [0.5, 0.6) is 0 Å². The molecule has 0 aliphatic carbocycles. The van der Waals surface area contributed by atoms with Gasteiger partial charge in [-0.15, -0.1) is 0 Å². The summed E-state index contributed by atoms with van der Waals surface area (Å²) in [7, 11) is -3.81. The van der Waals surface area contributed by atoms with Crippen molar-refractivity contribution >= 4 is 10.0 Å². The van der Waals surface area contributed by atoms with Crippen LogP contribution in [-0.2, 0) is 16.6 Å². The predicted molar refractivity (Wildman–Crippen MR) is 71.5 cm³/mol. The van der Waals surface area contributed by atoms with Gasteiger partial charge in [-0.2, -0.15) is 4.31 Å². The van der Waals surface area contributed by atoms with Crippen LogP contribution < -0.4 is 5.73 Å². The molecule has 1 aliphatic heterocycles. The molecule has 2 rings (SSSR count). The monoisotopic (exact) mass is 286 g/mol. The number of halogens is 1. The Morgan fingerprint density at radius 3 is 2.63 bits per heavy atom. The van der Waals surface area contributed by atoms with Crippen LogP contribution in [0.4, 0.5) is 4.39 Å². The Morgan fingerprint density at radius 1 is 1.42 bits per heavy atom. The molecule has 1 aliphatic rings. The van der Waals surface area contributed by atoms with Gasteiger partial charge in [0.25, 0.3) is 0 Å². The normalized spacial score (nSPS) is 19.8. The van der Waals surface area contributed by atoms with Gasteiger partial charge in [-0.25, -0.2) is 12.8 Å². The molecule has 0 aromatic heterocycles. The van der Waals surface area contributed by atoms with E-state index in [9.17, 15) is 12.8 Å². The number of hydrogen-bond donors (Lipinski definition) is 1. The second-order valence-electron chi connectivity index (χ2n) is 5.46. The molecule has 106 valence electrons. The SMILES string of the molecule is CC1(C)CCCN1S(=O)(=O)c1cc(CN)ccc1F. The minimum absolute atomic E-state index is 0.187. The van der Waals surface area contributed by atoms with Gasteiger partial charge in [0, 0.05) is 18.6 Å². The highest BCUT2D eigenvalue weighted by molar-refractivity contribution is 7.89. The maximum Gasteiger partial charge on any atom is 0.246 e. The summed E-state index contributed by atoms with van der Waals surface area (Å²) in [5.41, 5.74) is 5.63. The number of sulfonamides is 1. The number of benzene rings is 1. The molecule has 0 radical (unpaired) electrons. The maximum absolute atomic E-state index is 13.9. The summed E-state index contributed by atoms with van der Waals surface area (Å²) in [4.78, 5) is -0.273. The molecule has 0 amide bonds. The van der Waals surface area contributed by atoms with Crippen molar-refractivity contribution in [2.75, 3.05) is 6.54 Å². The summed E-state index contributed by atoms with van der Waals surface area (Å²) in [5.74, 6) is -0.722. The lowest BCUT2D eigenvalue weighted by atomic mass is 10.0. The lowest BCUT2D eigenvalue weighted by Gasteiger charge is -2.30. The summed E-state index contributed by atoms with van der Waals surface area (Å²) in [6, 6.07) is 4.00. The topological polar surface area (TPSA) is 63.4 Å². The summed E-state index contributed by atoms with van der Waals surface area (Å²) >= 11 is 0. The van der Waals surface area contributed by atoms with Crippen molar-refractivity contribution < 1.29 is 12.8 Å². The summed E-state index contributed by atoms with van der Waals surface area (Å²) in [5, 5.41) is 0. The van der Waals surface area contributed by atoms with Gasteiger partial charge in [0.2, 0.25) is 10.0 Å². The van der Waals surface area contributed by atoms with E-state index in [2.05, 4.69) is 0 Å². The van der Waals surface area contributed by atoms with E-state index in [4.69, 9.17) is 5.73 Å². The second-order valence-corrected chi connectivity index (χ2v) is 7.29. The van der Waals surface area contributed by atoms with Crippen LogP contribution in [0, 0.1) is 5.82 Å². The minimum atomic E-state index is -3.81. The first-order valence-electron chi connectivity index (χ1n) is 6.30. The van der Waals surface area contributed by atoms with Gasteiger partial charge in [0.15, 0.2) is 0 Å². The van der Waals surface area contributed by atoms with Crippen LogP contribution >= 0.6 is 0 Å². The van der Waals surface area contributed by atoms with E-state index >= 15 is 0 Å². The summed E-state index contributed by atoms with van der Waals surface area (Å²) in [6.45, 7) is 4.35. The minimum Gasteiger partial charge on any atom is -0.326 e. The van der Waals surface area contributed by atoms with E-state index in [-0.39, 0.29) is 11.4 Å². The first-order chi connectivity index (χ1) is 8.79. The van der Waals surface area contributed by atoms with Crippen molar-refractivity contribution in [2.24, 2.45) is 5.73 Å². The van der Waals surface area contributed by atoms with Gasteiger partial charge >= 0.3 is 0 Å². The van der Waals surface area contributed by atoms with Crippen molar-refractivity contribution in [1.82, 2.24) is 4.31 Å². The Kier molecular flexibility index (Phi) is 3.68. The van der Waals surface area contributed by atoms with E-state index in [1.807, 2.05) is 13.8 Å². The van der Waals surface area contributed by atoms with Gasteiger partial charge < -0.3 is 5.73 Å². The van der Waals surface area contributed by atoms with Gasteiger partial charge in [-0.3, -0.25) is 0 Å².